The molecule has 0 radical (unpaired) electrons. The highest BCUT2D eigenvalue weighted by molar-refractivity contribution is 7.11. The van der Waals surface area contributed by atoms with Crippen molar-refractivity contribution in [2.45, 2.75) is 74.5 Å². The molecule has 101 heavy (non-hydrogen) atoms. The molecular formula is C74H63F6N13O6S2. The molecule has 27 heteroatoms. The predicted molar refractivity (Wildman–Crippen MR) is 383 cm³/mol. The van der Waals surface area contributed by atoms with Crippen LogP contribution < -0.4 is 26.6 Å². The largest absolute Gasteiger partial charge is 0.380 e. The summed E-state index contributed by atoms with van der Waals surface area (Å²) < 4.78 is 83.1. The number of anilines is 4. The van der Waals surface area contributed by atoms with Crippen LogP contribution in [-0.4, -0.2) is 98.4 Å². The van der Waals surface area contributed by atoms with Crippen molar-refractivity contribution in [2.24, 2.45) is 5.92 Å². The third kappa shape index (κ3) is 16.5. The number of hydrogen-bond acceptors (Lipinski definition) is 13. The summed E-state index contributed by atoms with van der Waals surface area (Å²) in [5.74, 6) is -3.94. The van der Waals surface area contributed by atoms with E-state index in [1.54, 1.807) is 90.4 Å². The second-order valence-corrected chi connectivity index (χ2v) is 26.8. The van der Waals surface area contributed by atoms with Gasteiger partial charge in [0.1, 0.15) is 46.1 Å². The molecule has 16 rings (SSSR count). The smallest absolute Gasteiger partial charge is 0.256 e. The first-order chi connectivity index (χ1) is 48.7. The van der Waals surface area contributed by atoms with Crippen LogP contribution in [0.2, 0.25) is 0 Å². The first-order valence-corrected chi connectivity index (χ1v) is 33.8. The molecule has 11 N–H and O–H groups in total. The summed E-state index contributed by atoms with van der Waals surface area (Å²) in [7, 11) is 1.75. The van der Waals surface area contributed by atoms with E-state index in [1.807, 2.05) is 59.3 Å². The molecule has 0 aliphatic heterocycles. The SMILES string of the molecule is CNC1(C(=O)Nc2cc3c(/C=C/c4cccs4)n[nH]c3cc2F)CC1.O=C(CC1CC1)Nc1cc2c(/C=C/c3ccc(F)cc3)n[nH]c2cc1F.O=C(Nc1cc2c(/C=C/c3cccc(F)c3)n[nH]c2cc1F)C1(O)CC1.O=C(Nc1cc2c(/C=C/c3cccs3)n[nH]c2cc1F)C1(O)CC1. The van der Waals surface area contributed by atoms with Crippen molar-refractivity contribution in [3.05, 3.63) is 211 Å². The van der Waals surface area contributed by atoms with Crippen LogP contribution in [0.4, 0.5) is 49.1 Å². The van der Waals surface area contributed by atoms with E-state index in [2.05, 4.69) is 67.4 Å². The minimum absolute atomic E-state index is 0.0235. The summed E-state index contributed by atoms with van der Waals surface area (Å²) in [6, 6.07) is 31.5. The Kier molecular flexibility index (Phi) is 19.6. The number of aromatic amines is 4. The molecule has 0 unspecified atom stereocenters. The number of carbonyl (C=O) groups is 4. The van der Waals surface area contributed by atoms with Gasteiger partial charge >= 0.3 is 0 Å². The molecule has 514 valence electrons. The molecule has 6 aromatic heterocycles. The van der Waals surface area contributed by atoms with Gasteiger partial charge in [-0.1, -0.05) is 48.6 Å². The third-order valence-corrected chi connectivity index (χ3v) is 19.0. The van der Waals surface area contributed by atoms with Crippen molar-refractivity contribution in [1.29, 1.82) is 0 Å². The van der Waals surface area contributed by atoms with Gasteiger partial charge < -0.3 is 36.8 Å². The van der Waals surface area contributed by atoms with Gasteiger partial charge in [0.15, 0.2) is 0 Å². The molecule has 6 aromatic carbocycles. The van der Waals surface area contributed by atoms with Gasteiger partial charge in [-0.3, -0.25) is 39.6 Å². The standard InChI is InChI=1S/C20H17F2N3O.C19H15F2N3O2.C18H17FN4OS.C17H14FN3O2S/c21-14-6-3-12(4-7-14)5-8-17-15-10-19(16(22)11-18(15)25-24-17)23-20(26)9-13-1-2-13;20-12-3-1-2-11(8-12)4-5-15-13-9-17(14(21)10-16(13)24-23-15)22-18(25)19(26)6-7-19;1-20-18(6-7-18)17(24)21-16-9-12-14(5-4-11-3-2-8-25-11)22-23-15(12)10-13(16)19;18-12-9-14-11(8-15(12)19-16(22)17(23)5-6-17)13(20-21-14)4-3-10-2-1-7-24-10/h3-8,10-11,13H,1-2,9H2,(H,23,26)(H,24,25);1-5,8-10,26H,6-7H2,(H,22,25)(H,23,24);2-5,8-10,20H,6-7H2,1H3,(H,21,24)(H,22,23);1-4,7-9,23H,5-6H2,(H,19,22)(H,20,21)/b8-5+;2*5-4+;4-3+. The Bertz CT molecular complexity index is 5220. The molecular weight excluding hydrogens is 1350 g/mol. The fraction of sp³-hybridized carbons (Fsp3) is 0.189. The second-order valence-electron chi connectivity index (χ2n) is 24.9. The van der Waals surface area contributed by atoms with Crippen LogP contribution in [0.1, 0.15) is 101 Å². The lowest BCUT2D eigenvalue weighted by atomic mass is 10.1. The van der Waals surface area contributed by atoms with Crippen LogP contribution in [0.25, 0.3) is 92.2 Å². The van der Waals surface area contributed by atoms with E-state index >= 15 is 0 Å². The number of nitrogens with one attached hydrogen (secondary N) is 9. The normalized spacial score (nSPS) is 15.3. The number of benzene rings is 6. The van der Waals surface area contributed by atoms with E-state index in [0.717, 1.165) is 46.4 Å². The highest BCUT2D eigenvalue weighted by Crippen LogP contribution is 2.40. The lowest BCUT2D eigenvalue weighted by Gasteiger charge is -2.14. The molecule has 6 heterocycles. The zero-order valence-corrected chi connectivity index (χ0v) is 55.3. The minimum atomic E-state index is -1.39. The Labute approximate surface area is 579 Å². The van der Waals surface area contributed by atoms with Crippen LogP contribution >= 0.6 is 22.7 Å². The summed E-state index contributed by atoms with van der Waals surface area (Å²) in [6.45, 7) is 0. The fourth-order valence-electron chi connectivity index (χ4n) is 10.7. The molecule has 12 aromatic rings. The zero-order chi connectivity index (χ0) is 70.6. The van der Waals surface area contributed by atoms with Crippen LogP contribution in [0.15, 0.2) is 132 Å². The van der Waals surface area contributed by atoms with Crippen molar-refractivity contribution in [1.82, 2.24) is 46.1 Å². The first kappa shape index (κ1) is 68.4. The summed E-state index contributed by atoms with van der Waals surface area (Å²) in [5.41, 5.74) is 3.16. The Morgan fingerprint density at radius 2 is 0.851 bits per heavy atom. The summed E-state index contributed by atoms with van der Waals surface area (Å²) >= 11 is 3.23. The molecule has 0 bridgehead atoms. The maximum atomic E-state index is 14.3. The summed E-state index contributed by atoms with van der Waals surface area (Å²) in [5, 5.41) is 67.4. The maximum absolute atomic E-state index is 14.3. The van der Waals surface area contributed by atoms with Gasteiger partial charge in [0.2, 0.25) is 11.8 Å². The van der Waals surface area contributed by atoms with Gasteiger partial charge in [-0.05, 0) is 183 Å². The average molecular weight is 1410 g/mol. The number of thiophene rings is 2. The van der Waals surface area contributed by atoms with Crippen LogP contribution in [0.5, 0.6) is 0 Å². The molecule has 4 fully saturated rings. The Hall–Kier alpha value is -11.1. The molecule has 0 atom stereocenters. The van der Waals surface area contributed by atoms with E-state index < -0.39 is 51.8 Å². The highest BCUT2D eigenvalue weighted by atomic mass is 32.1. The van der Waals surface area contributed by atoms with Gasteiger partial charge in [-0.2, -0.15) is 20.4 Å². The third-order valence-electron chi connectivity index (χ3n) is 17.3. The van der Waals surface area contributed by atoms with Gasteiger partial charge in [0.05, 0.1) is 73.1 Å². The molecule has 0 saturated heterocycles. The monoisotopic (exact) mass is 1410 g/mol. The van der Waals surface area contributed by atoms with Crippen LogP contribution in [0, 0.1) is 40.8 Å². The van der Waals surface area contributed by atoms with Crippen LogP contribution in [0.3, 0.4) is 0 Å². The minimum Gasteiger partial charge on any atom is -0.380 e. The number of hydrogen-bond donors (Lipinski definition) is 11. The summed E-state index contributed by atoms with van der Waals surface area (Å²) in [6.07, 6.45) is 20.2. The second kappa shape index (κ2) is 29.0. The number of aliphatic hydroxyl groups is 2. The van der Waals surface area contributed by atoms with E-state index in [4.69, 9.17) is 0 Å². The first-order valence-electron chi connectivity index (χ1n) is 32.1. The number of carbonyl (C=O) groups excluding carboxylic acids is 4. The van der Waals surface area contributed by atoms with Crippen molar-refractivity contribution in [2.75, 3.05) is 28.3 Å². The molecule has 19 nitrogen and oxygen atoms in total. The number of amides is 4. The number of aromatic nitrogens is 8. The number of H-pyrrole nitrogens is 4. The van der Waals surface area contributed by atoms with Crippen molar-refractivity contribution < 1.29 is 55.7 Å². The Morgan fingerprint density at radius 3 is 1.22 bits per heavy atom. The van der Waals surface area contributed by atoms with Gasteiger partial charge in [-0.15, -0.1) is 22.7 Å². The van der Waals surface area contributed by atoms with Crippen LogP contribution in [-0.2, 0) is 19.2 Å². The van der Waals surface area contributed by atoms with E-state index in [9.17, 15) is 55.7 Å². The fourth-order valence-corrected chi connectivity index (χ4v) is 11.9. The molecule has 4 saturated carbocycles. The quantitative estimate of drug-likeness (QED) is 0.0359. The van der Waals surface area contributed by atoms with Gasteiger partial charge in [0.25, 0.3) is 11.8 Å². The topological polar surface area (TPSA) is 284 Å². The van der Waals surface area contributed by atoms with E-state index in [1.165, 1.54) is 60.7 Å². The average Bonchev–Trinajstić information content (AvgIpc) is 1.63. The van der Waals surface area contributed by atoms with E-state index in [0.29, 0.717) is 105 Å². The number of rotatable bonds is 18. The maximum Gasteiger partial charge on any atom is 0.256 e. The number of nitrogens with zero attached hydrogens (tertiary/aromatic N) is 4. The lowest BCUT2D eigenvalue weighted by Crippen LogP contribution is -2.40. The Morgan fingerprint density at radius 1 is 0.455 bits per heavy atom. The van der Waals surface area contributed by atoms with Crippen molar-refractivity contribution in [3.8, 4) is 0 Å². The van der Waals surface area contributed by atoms with Gasteiger partial charge in [0, 0.05) is 62.0 Å². The van der Waals surface area contributed by atoms with Crippen molar-refractivity contribution >= 4 is 161 Å². The molecule has 4 aliphatic carbocycles. The van der Waals surface area contributed by atoms with Crippen molar-refractivity contribution in [3.63, 3.8) is 0 Å². The lowest BCUT2D eigenvalue weighted by molar-refractivity contribution is -0.126. The Balaban J connectivity index is 0.000000120. The van der Waals surface area contributed by atoms with Gasteiger partial charge in [-0.25, -0.2) is 26.3 Å². The highest BCUT2D eigenvalue weighted by Gasteiger charge is 2.50. The number of likely N-dealkylation sites (N-methyl/N-ethyl adjacent to an activating group) is 1. The van der Waals surface area contributed by atoms with E-state index in [-0.39, 0.29) is 46.2 Å². The number of fused-ring (bicyclic) bond motifs is 4. The molecule has 4 aliphatic rings. The number of halogens is 6. The summed E-state index contributed by atoms with van der Waals surface area (Å²) in [4.78, 5) is 50.4. The zero-order valence-electron chi connectivity index (χ0n) is 53.7. The molecule has 0 spiro atoms. The molecule has 4 amide bonds. The predicted octanol–water partition coefficient (Wildman–Crippen LogP) is 15.2.